The maximum atomic E-state index is 6.12. The van der Waals surface area contributed by atoms with Gasteiger partial charge in [-0.05, 0) is 54.7 Å². The molecule has 0 bridgehead atoms. The van der Waals surface area contributed by atoms with E-state index >= 15 is 0 Å². The number of anilines is 1. The van der Waals surface area contributed by atoms with Crippen LogP contribution >= 0.6 is 0 Å². The van der Waals surface area contributed by atoms with Crippen LogP contribution in [0.25, 0.3) is 0 Å². The van der Waals surface area contributed by atoms with Crippen LogP contribution in [-0.4, -0.2) is 0 Å². The van der Waals surface area contributed by atoms with Crippen molar-refractivity contribution in [2.24, 2.45) is 0 Å². The molecule has 1 nitrogen and oxygen atoms in total. The summed E-state index contributed by atoms with van der Waals surface area (Å²) in [5.74, 6) is 1.30. The number of hydrogen-bond donors (Lipinski definition) is 1. The van der Waals surface area contributed by atoms with Crippen molar-refractivity contribution in [1.82, 2.24) is 0 Å². The molecule has 96 valence electrons. The molecule has 0 amide bonds. The highest BCUT2D eigenvalue weighted by molar-refractivity contribution is 5.51. The number of nitrogens with two attached hydrogens (primary N) is 1. The Morgan fingerprint density at radius 1 is 0.882 bits per heavy atom. The van der Waals surface area contributed by atoms with Crippen molar-refractivity contribution in [2.75, 3.05) is 5.73 Å². The first kappa shape index (κ1) is 14.1. The van der Waals surface area contributed by atoms with Crippen molar-refractivity contribution in [3.05, 3.63) is 29.3 Å². The summed E-state index contributed by atoms with van der Waals surface area (Å²) in [5.41, 5.74) is 9.92. The first-order valence-corrected chi connectivity index (χ1v) is 7.07. The lowest BCUT2D eigenvalue weighted by atomic mass is 9.87. The smallest absolute Gasteiger partial charge is 0.0349 e. The number of benzene rings is 1. The Bertz CT molecular complexity index is 335. The Morgan fingerprint density at radius 2 is 1.41 bits per heavy atom. The zero-order valence-corrected chi connectivity index (χ0v) is 11.8. The summed E-state index contributed by atoms with van der Waals surface area (Å²) in [6.45, 7) is 9.03. The van der Waals surface area contributed by atoms with E-state index < -0.39 is 0 Å². The minimum atomic E-state index is 0.615. The van der Waals surface area contributed by atoms with E-state index in [1.54, 1.807) is 0 Å². The maximum absolute atomic E-state index is 6.12. The molecule has 1 aromatic carbocycles. The minimum Gasteiger partial charge on any atom is -0.398 e. The molecule has 0 radical (unpaired) electrons. The maximum Gasteiger partial charge on any atom is 0.0349 e. The van der Waals surface area contributed by atoms with Gasteiger partial charge in [0.25, 0.3) is 0 Å². The lowest BCUT2D eigenvalue weighted by molar-refractivity contribution is 0.625. The van der Waals surface area contributed by atoms with Crippen molar-refractivity contribution in [3.8, 4) is 0 Å². The number of nitrogen functional groups attached to an aromatic ring is 1. The van der Waals surface area contributed by atoms with Gasteiger partial charge < -0.3 is 5.73 Å². The minimum absolute atomic E-state index is 0.615. The first-order valence-electron chi connectivity index (χ1n) is 7.07. The monoisotopic (exact) mass is 233 g/mol. The van der Waals surface area contributed by atoms with E-state index in [0.717, 1.165) is 5.69 Å². The first-order chi connectivity index (χ1) is 8.17. The predicted octanol–water partition coefficient (Wildman–Crippen LogP) is 5.08. The van der Waals surface area contributed by atoms with Gasteiger partial charge in [0.15, 0.2) is 0 Å². The van der Waals surface area contributed by atoms with Gasteiger partial charge in [0.1, 0.15) is 0 Å². The average Bonchev–Trinajstić information content (AvgIpc) is 2.35. The summed E-state index contributed by atoms with van der Waals surface area (Å²) in [4.78, 5) is 0. The number of rotatable bonds is 6. The van der Waals surface area contributed by atoms with Gasteiger partial charge in [-0.1, -0.05) is 39.8 Å². The lowest BCUT2D eigenvalue weighted by Gasteiger charge is -2.20. The molecule has 0 aromatic heterocycles. The third-order valence-corrected chi connectivity index (χ3v) is 3.99. The summed E-state index contributed by atoms with van der Waals surface area (Å²) in [6.07, 6.45) is 4.77. The van der Waals surface area contributed by atoms with Crippen LogP contribution in [0.1, 0.15) is 76.3 Å². The van der Waals surface area contributed by atoms with Gasteiger partial charge in [0, 0.05) is 5.69 Å². The van der Waals surface area contributed by atoms with Crippen LogP contribution in [0.3, 0.4) is 0 Å². The molecule has 2 N–H and O–H groups in total. The van der Waals surface area contributed by atoms with Crippen LogP contribution in [0.2, 0.25) is 0 Å². The summed E-state index contributed by atoms with van der Waals surface area (Å²) in [6, 6.07) is 6.66. The van der Waals surface area contributed by atoms with Crippen molar-refractivity contribution >= 4 is 5.69 Å². The molecule has 0 heterocycles. The fourth-order valence-corrected chi connectivity index (χ4v) is 2.69. The fraction of sp³-hybridized carbons (Fsp3) is 0.625. The zero-order valence-electron chi connectivity index (χ0n) is 11.8. The van der Waals surface area contributed by atoms with E-state index in [0.29, 0.717) is 11.8 Å². The number of hydrogen-bond acceptors (Lipinski definition) is 1. The van der Waals surface area contributed by atoms with Crippen LogP contribution < -0.4 is 5.73 Å². The highest BCUT2D eigenvalue weighted by Gasteiger charge is 2.14. The van der Waals surface area contributed by atoms with Crippen LogP contribution in [0, 0.1) is 0 Å². The molecule has 0 aliphatic carbocycles. The highest BCUT2D eigenvalue weighted by atomic mass is 14.6. The lowest BCUT2D eigenvalue weighted by Crippen LogP contribution is -2.04. The van der Waals surface area contributed by atoms with Gasteiger partial charge in [0.2, 0.25) is 0 Å². The standard InChI is InChI=1S/C16H27N/c1-5-12(6-2)14-9-10-16(17)15(11-14)13(7-3)8-4/h9-13H,5-8,17H2,1-4H3. The molecule has 0 saturated heterocycles. The molecular formula is C16H27N. The normalized spacial score (nSPS) is 11.4. The van der Waals surface area contributed by atoms with Gasteiger partial charge in [-0.15, -0.1) is 0 Å². The fourth-order valence-electron chi connectivity index (χ4n) is 2.69. The molecule has 0 unspecified atom stereocenters. The Kier molecular flexibility index (Phi) is 5.54. The second-order valence-corrected chi connectivity index (χ2v) is 4.92. The van der Waals surface area contributed by atoms with Crippen molar-refractivity contribution in [3.63, 3.8) is 0 Å². The third-order valence-electron chi connectivity index (χ3n) is 3.99. The third kappa shape index (κ3) is 3.24. The Labute approximate surface area is 106 Å². The van der Waals surface area contributed by atoms with Crippen LogP contribution in [0.15, 0.2) is 18.2 Å². The average molecular weight is 233 g/mol. The van der Waals surface area contributed by atoms with E-state index in [1.807, 2.05) is 0 Å². The molecular weight excluding hydrogens is 206 g/mol. The van der Waals surface area contributed by atoms with Crippen LogP contribution in [0.4, 0.5) is 5.69 Å². The second kappa shape index (κ2) is 6.68. The van der Waals surface area contributed by atoms with Gasteiger partial charge in [-0.2, -0.15) is 0 Å². The van der Waals surface area contributed by atoms with Gasteiger partial charge >= 0.3 is 0 Å². The van der Waals surface area contributed by atoms with Crippen molar-refractivity contribution < 1.29 is 0 Å². The van der Waals surface area contributed by atoms with E-state index in [-0.39, 0.29) is 0 Å². The van der Waals surface area contributed by atoms with E-state index in [2.05, 4.69) is 45.9 Å². The molecule has 1 aromatic rings. The highest BCUT2D eigenvalue weighted by Crippen LogP contribution is 2.32. The largest absolute Gasteiger partial charge is 0.398 e. The molecule has 17 heavy (non-hydrogen) atoms. The molecule has 0 fully saturated rings. The summed E-state index contributed by atoms with van der Waals surface area (Å²) >= 11 is 0. The second-order valence-electron chi connectivity index (χ2n) is 4.92. The SMILES string of the molecule is CCC(CC)c1ccc(N)c(C(CC)CC)c1. The zero-order chi connectivity index (χ0) is 12.8. The van der Waals surface area contributed by atoms with Crippen molar-refractivity contribution in [2.45, 2.75) is 65.2 Å². The summed E-state index contributed by atoms with van der Waals surface area (Å²) in [5, 5.41) is 0. The summed E-state index contributed by atoms with van der Waals surface area (Å²) in [7, 11) is 0. The Hall–Kier alpha value is -0.980. The van der Waals surface area contributed by atoms with Crippen LogP contribution in [0.5, 0.6) is 0 Å². The molecule has 0 saturated carbocycles. The van der Waals surface area contributed by atoms with E-state index in [9.17, 15) is 0 Å². The van der Waals surface area contributed by atoms with Gasteiger partial charge in [-0.25, -0.2) is 0 Å². The molecule has 0 atom stereocenters. The van der Waals surface area contributed by atoms with Gasteiger partial charge in [0.05, 0.1) is 0 Å². The van der Waals surface area contributed by atoms with E-state index in [4.69, 9.17) is 5.73 Å². The molecule has 1 rings (SSSR count). The van der Waals surface area contributed by atoms with Gasteiger partial charge in [-0.3, -0.25) is 0 Å². The molecule has 0 spiro atoms. The van der Waals surface area contributed by atoms with Crippen LogP contribution in [-0.2, 0) is 0 Å². The molecule has 0 aliphatic rings. The predicted molar refractivity (Wildman–Crippen MR) is 77.5 cm³/mol. The van der Waals surface area contributed by atoms with E-state index in [1.165, 1.54) is 36.8 Å². The quantitative estimate of drug-likeness (QED) is 0.681. The molecule has 0 aliphatic heterocycles. The summed E-state index contributed by atoms with van der Waals surface area (Å²) < 4.78 is 0. The topological polar surface area (TPSA) is 26.0 Å². The molecule has 1 heteroatoms. The Morgan fingerprint density at radius 3 is 1.88 bits per heavy atom. The Balaban J connectivity index is 3.09. The van der Waals surface area contributed by atoms with Crippen molar-refractivity contribution in [1.29, 1.82) is 0 Å².